The van der Waals surface area contributed by atoms with E-state index in [9.17, 15) is 4.79 Å². The number of nitrogens with one attached hydrogen (secondary N) is 2. The number of hydrogen-bond acceptors (Lipinski definition) is 3. The number of amides is 1. The SMILES string of the molecule is O=C(NCc1ncc[nH]1)c1ccc(C#CCCO)c(Cl)c1. The fourth-order valence-electron chi connectivity index (χ4n) is 1.63. The minimum Gasteiger partial charge on any atom is -0.395 e. The van der Waals surface area contributed by atoms with Crippen LogP contribution in [0.2, 0.25) is 5.02 Å². The molecule has 1 heterocycles. The van der Waals surface area contributed by atoms with Gasteiger partial charge in [-0.1, -0.05) is 23.4 Å². The number of halogens is 1. The Balaban J connectivity index is 2.02. The zero-order chi connectivity index (χ0) is 15.1. The van der Waals surface area contributed by atoms with Crippen LogP contribution in [-0.4, -0.2) is 27.6 Å². The maximum atomic E-state index is 12.0. The summed E-state index contributed by atoms with van der Waals surface area (Å²) in [6.07, 6.45) is 3.71. The molecule has 1 amide bonds. The minimum atomic E-state index is -0.233. The molecule has 0 aliphatic heterocycles. The Morgan fingerprint density at radius 1 is 1.48 bits per heavy atom. The van der Waals surface area contributed by atoms with Crippen molar-refractivity contribution in [1.82, 2.24) is 15.3 Å². The topological polar surface area (TPSA) is 78.0 Å². The summed E-state index contributed by atoms with van der Waals surface area (Å²) in [4.78, 5) is 18.9. The van der Waals surface area contributed by atoms with Crippen molar-refractivity contribution in [3.05, 3.63) is 52.6 Å². The third-order valence-corrected chi connectivity index (χ3v) is 2.98. The lowest BCUT2D eigenvalue weighted by Crippen LogP contribution is -2.23. The summed E-state index contributed by atoms with van der Waals surface area (Å²) in [7, 11) is 0. The van der Waals surface area contributed by atoms with E-state index in [1.54, 1.807) is 30.6 Å². The molecule has 1 aromatic heterocycles. The zero-order valence-corrected chi connectivity index (χ0v) is 11.9. The number of rotatable bonds is 4. The van der Waals surface area contributed by atoms with E-state index in [-0.39, 0.29) is 12.5 Å². The summed E-state index contributed by atoms with van der Waals surface area (Å²) in [6, 6.07) is 4.92. The average Bonchev–Trinajstić information content (AvgIpc) is 3.00. The van der Waals surface area contributed by atoms with Crippen molar-refractivity contribution < 1.29 is 9.90 Å². The number of aromatic nitrogens is 2. The standard InChI is InChI=1S/C15H14ClN3O2/c16-13-9-12(5-4-11(13)3-1-2-8-20)15(21)19-10-14-17-6-7-18-14/h4-7,9,20H,2,8,10H2,(H,17,18)(H,19,21). The first-order chi connectivity index (χ1) is 10.2. The summed E-state index contributed by atoms with van der Waals surface area (Å²) in [6.45, 7) is 0.333. The van der Waals surface area contributed by atoms with Gasteiger partial charge in [0, 0.05) is 29.9 Å². The van der Waals surface area contributed by atoms with Crippen LogP contribution in [0.15, 0.2) is 30.6 Å². The molecule has 5 nitrogen and oxygen atoms in total. The molecule has 0 radical (unpaired) electrons. The molecule has 2 rings (SSSR count). The third-order valence-electron chi connectivity index (χ3n) is 2.66. The van der Waals surface area contributed by atoms with Gasteiger partial charge in [-0.25, -0.2) is 4.98 Å². The summed E-state index contributed by atoms with van der Waals surface area (Å²) >= 11 is 6.09. The van der Waals surface area contributed by atoms with Crippen LogP contribution in [0.4, 0.5) is 0 Å². The van der Waals surface area contributed by atoms with E-state index in [1.165, 1.54) is 0 Å². The number of aromatic amines is 1. The molecule has 0 spiro atoms. The lowest BCUT2D eigenvalue weighted by molar-refractivity contribution is 0.0950. The molecule has 3 N–H and O–H groups in total. The lowest BCUT2D eigenvalue weighted by Gasteiger charge is -2.05. The van der Waals surface area contributed by atoms with Crippen molar-refractivity contribution in [3.8, 4) is 11.8 Å². The summed E-state index contributed by atoms with van der Waals surface area (Å²) < 4.78 is 0. The number of aliphatic hydroxyl groups is 1. The fraction of sp³-hybridized carbons (Fsp3) is 0.200. The van der Waals surface area contributed by atoms with E-state index < -0.39 is 0 Å². The molecular formula is C15H14ClN3O2. The zero-order valence-electron chi connectivity index (χ0n) is 11.2. The van der Waals surface area contributed by atoms with Crippen LogP contribution in [0.5, 0.6) is 0 Å². The van der Waals surface area contributed by atoms with Gasteiger partial charge in [0.1, 0.15) is 5.82 Å². The maximum absolute atomic E-state index is 12.0. The average molecular weight is 304 g/mol. The minimum absolute atomic E-state index is 0.0118. The van der Waals surface area contributed by atoms with Crippen molar-refractivity contribution in [2.75, 3.05) is 6.61 Å². The molecule has 0 atom stereocenters. The molecule has 0 fully saturated rings. The number of H-pyrrole nitrogens is 1. The monoisotopic (exact) mass is 303 g/mol. The molecular weight excluding hydrogens is 290 g/mol. The number of aliphatic hydroxyl groups excluding tert-OH is 1. The van der Waals surface area contributed by atoms with Crippen molar-refractivity contribution in [3.63, 3.8) is 0 Å². The van der Waals surface area contributed by atoms with Crippen molar-refractivity contribution in [1.29, 1.82) is 0 Å². The summed E-state index contributed by atoms with van der Waals surface area (Å²) in [5.41, 5.74) is 1.09. The first kappa shape index (κ1) is 15.1. The Hall–Kier alpha value is -2.29. The van der Waals surface area contributed by atoms with E-state index in [4.69, 9.17) is 16.7 Å². The van der Waals surface area contributed by atoms with Crippen LogP contribution in [0.1, 0.15) is 28.2 Å². The molecule has 0 saturated carbocycles. The second-order valence-corrected chi connectivity index (χ2v) is 4.60. The second-order valence-electron chi connectivity index (χ2n) is 4.19. The molecule has 0 unspecified atom stereocenters. The highest BCUT2D eigenvalue weighted by Crippen LogP contribution is 2.17. The van der Waals surface area contributed by atoms with E-state index >= 15 is 0 Å². The van der Waals surface area contributed by atoms with Gasteiger partial charge in [0.15, 0.2) is 0 Å². The Morgan fingerprint density at radius 3 is 3.00 bits per heavy atom. The van der Waals surface area contributed by atoms with Gasteiger partial charge in [-0.05, 0) is 18.2 Å². The first-order valence-electron chi connectivity index (χ1n) is 6.36. The van der Waals surface area contributed by atoms with E-state index in [2.05, 4.69) is 27.1 Å². The molecule has 2 aromatic rings. The van der Waals surface area contributed by atoms with Crippen LogP contribution in [0, 0.1) is 11.8 Å². The highest BCUT2D eigenvalue weighted by atomic mass is 35.5. The van der Waals surface area contributed by atoms with Gasteiger partial charge >= 0.3 is 0 Å². The summed E-state index contributed by atoms with van der Waals surface area (Å²) in [5.74, 6) is 6.08. The molecule has 1 aromatic carbocycles. The molecule has 0 aliphatic rings. The van der Waals surface area contributed by atoms with Crippen LogP contribution in [0.3, 0.4) is 0 Å². The number of benzene rings is 1. The number of nitrogens with zero attached hydrogens (tertiary/aromatic N) is 1. The molecule has 108 valence electrons. The van der Waals surface area contributed by atoms with Crippen molar-refractivity contribution in [2.24, 2.45) is 0 Å². The van der Waals surface area contributed by atoms with Crippen LogP contribution in [0.25, 0.3) is 0 Å². The van der Waals surface area contributed by atoms with Crippen LogP contribution >= 0.6 is 11.6 Å². The van der Waals surface area contributed by atoms with Gasteiger partial charge in [0.2, 0.25) is 0 Å². The predicted molar refractivity (Wildman–Crippen MR) is 79.8 cm³/mol. The van der Waals surface area contributed by atoms with E-state index in [0.717, 1.165) is 0 Å². The predicted octanol–water partition coefficient (Wildman–Crippen LogP) is 1.73. The van der Waals surface area contributed by atoms with Crippen molar-refractivity contribution in [2.45, 2.75) is 13.0 Å². The maximum Gasteiger partial charge on any atom is 0.251 e. The van der Waals surface area contributed by atoms with Gasteiger partial charge < -0.3 is 15.4 Å². The largest absolute Gasteiger partial charge is 0.395 e. The molecule has 21 heavy (non-hydrogen) atoms. The normalized spacial score (nSPS) is 9.81. The molecule has 0 saturated heterocycles. The van der Waals surface area contributed by atoms with Gasteiger partial charge in [-0.15, -0.1) is 0 Å². The van der Waals surface area contributed by atoms with Gasteiger partial charge in [-0.3, -0.25) is 4.79 Å². The van der Waals surface area contributed by atoms with Crippen LogP contribution in [-0.2, 0) is 6.54 Å². The fourth-order valence-corrected chi connectivity index (χ4v) is 1.86. The van der Waals surface area contributed by atoms with E-state index in [1.807, 2.05) is 0 Å². The Kier molecular flexibility index (Phi) is 5.38. The van der Waals surface area contributed by atoms with Gasteiger partial charge in [-0.2, -0.15) is 0 Å². The number of imidazole rings is 1. The number of carbonyl (C=O) groups excluding carboxylic acids is 1. The lowest BCUT2D eigenvalue weighted by atomic mass is 10.1. The second kappa shape index (κ2) is 7.48. The van der Waals surface area contributed by atoms with E-state index in [0.29, 0.717) is 34.9 Å². The Morgan fingerprint density at radius 2 is 2.33 bits per heavy atom. The highest BCUT2D eigenvalue weighted by molar-refractivity contribution is 6.32. The quantitative estimate of drug-likeness (QED) is 0.753. The smallest absolute Gasteiger partial charge is 0.251 e. The van der Waals surface area contributed by atoms with Crippen molar-refractivity contribution >= 4 is 17.5 Å². The number of hydrogen-bond donors (Lipinski definition) is 3. The third kappa shape index (κ3) is 4.35. The van der Waals surface area contributed by atoms with Gasteiger partial charge in [0.05, 0.1) is 18.2 Å². The Labute approximate surface area is 127 Å². The Bertz CT molecular complexity index is 672. The first-order valence-corrected chi connectivity index (χ1v) is 6.74. The molecule has 6 heteroatoms. The summed E-state index contributed by atoms with van der Waals surface area (Å²) in [5, 5.41) is 11.8. The molecule has 0 aliphatic carbocycles. The highest BCUT2D eigenvalue weighted by Gasteiger charge is 2.08. The number of carbonyl (C=O) groups is 1. The van der Waals surface area contributed by atoms with Gasteiger partial charge in [0.25, 0.3) is 5.91 Å². The molecule has 0 bridgehead atoms. The van der Waals surface area contributed by atoms with Crippen LogP contribution < -0.4 is 5.32 Å².